The van der Waals surface area contributed by atoms with Gasteiger partial charge in [-0.15, -0.1) is 0 Å². The lowest BCUT2D eigenvalue weighted by Crippen LogP contribution is -2.46. The van der Waals surface area contributed by atoms with Crippen LogP contribution in [0.1, 0.15) is 11.4 Å². The SMILES string of the molecule is COc1cccc(-c2cnc3c(N4CCN(Cc5cccc(C)n5)CC4)nccn23)c1.O=C(O)C(F)(F)F.O=C(O)C(F)(F)F.O=C(O)C(F)(F)F. The van der Waals surface area contributed by atoms with Gasteiger partial charge in [0.2, 0.25) is 0 Å². The van der Waals surface area contributed by atoms with Crippen LogP contribution in [0.15, 0.2) is 61.1 Å². The Hall–Kier alpha value is -5.67. The number of rotatable bonds is 5. The molecule has 3 aromatic heterocycles. The molecular weight excluding hydrogens is 727 g/mol. The van der Waals surface area contributed by atoms with Gasteiger partial charge in [0.25, 0.3) is 0 Å². The molecule has 1 fully saturated rings. The van der Waals surface area contributed by atoms with E-state index < -0.39 is 36.4 Å². The fourth-order valence-electron chi connectivity index (χ4n) is 4.16. The number of anilines is 1. The van der Waals surface area contributed by atoms with Crippen molar-refractivity contribution in [2.75, 3.05) is 38.2 Å². The molecule has 1 aliphatic heterocycles. The summed E-state index contributed by atoms with van der Waals surface area (Å²) in [6.45, 7) is 6.71. The van der Waals surface area contributed by atoms with Crippen molar-refractivity contribution in [2.24, 2.45) is 0 Å². The molecule has 3 N–H and O–H groups in total. The number of carboxylic acid groups (broad SMARTS) is 3. The van der Waals surface area contributed by atoms with Gasteiger partial charge in [-0.2, -0.15) is 39.5 Å². The summed E-state index contributed by atoms with van der Waals surface area (Å²) in [5, 5.41) is 21.4. The number of alkyl halides is 9. The number of carboxylic acids is 3. The number of aromatic nitrogens is 4. The number of hydrogen-bond donors (Lipinski definition) is 3. The summed E-state index contributed by atoms with van der Waals surface area (Å²) in [4.78, 5) is 45.5. The van der Waals surface area contributed by atoms with Crippen LogP contribution < -0.4 is 9.64 Å². The summed E-state index contributed by atoms with van der Waals surface area (Å²) < 4.78 is 103. The summed E-state index contributed by atoms with van der Waals surface area (Å²) in [5.74, 6) is -6.50. The van der Waals surface area contributed by atoms with Gasteiger partial charge in [-0.1, -0.05) is 18.2 Å². The number of pyridine rings is 1. The number of halogens is 9. The first-order chi connectivity index (χ1) is 24.0. The summed E-state index contributed by atoms with van der Waals surface area (Å²) >= 11 is 0. The highest BCUT2D eigenvalue weighted by atomic mass is 19.4. The van der Waals surface area contributed by atoms with E-state index in [0.717, 1.165) is 72.6 Å². The number of ether oxygens (including phenoxy) is 1. The van der Waals surface area contributed by atoms with Gasteiger partial charge in [0.05, 0.1) is 24.7 Å². The van der Waals surface area contributed by atoms with Crippen molar-refractivity contribution >= 4 is 29.4 Å². The number of hydrogen-bond acceptors (Lipinski definition) is 9. The van der Waals surface area contributed by atoms with Gasteiger partial charge >= 0.3 is 36.4 Å². The van der Waals surface area contributed by atoms with Gasteiger partial charge in [-0.05, 0) is 31.2 Å². The van der Waals surface area contributed by atoms with Gasteiger partial charge in [0, 0.05) is 56.4 Å². The van der Waals surface area contributed by atoms with Gasteiger partial charge < -0.3 is 25.0 Å². The number of nitrogens with zero attached hydrogens (tertiary/aromatic N) is 6. The summed E-state index contributed by atoms with van der Waals surface area (Å²) in [6.07, 6.45) is -9.51. The molecule has 1 aliphatic rings. The second-order valence-electron chi connectivity index (χ2n) is 10.3. The minimum absolute atomic E-state index is 0.834. The predicted molar refractivity (Wildman–Crippen MR) is 163 cm³/mol. The Morgan fingerprint density at radius 1 is 0.788 bits per heavy atom. The number of methoxy groups -OCH3 is 1. The van der Waals surface area contributed by atoms with Crippen LogP contribution in [0.2, 0.25) is 0 Å². The largest absolute Gasteiger partial charge is 0.497 e. The number of aliphatic carboxylic acids is 3. The van der Waals surface area contributed by atoms with Crippen LogP contribution in [0.25, 0.3) is 16.9 Å². The molecular formula is C30H29F9N6O7. The lowest BCUT2D eigenvalue weighted by atomic mass is 10.1. The average Bonchev–Trinajstić information content (AvgIpc) is 3.49. The number of aryl methyl sites for hydroxylation is 1. The third-order valence-corrected chi connectivity index (χ3v) is 6.51. The zero-order valence-electron chi connectivity index (χ0n) is 26.9. The Labute approximate surface area is 287 Å². The van der Waals surface area contributed by atoms with Crippen LogP contribution in [0.3, 0.4) is 0 Å². The maximum Gasteiger partial charge on any atom is 0.490 e. The second-order valence-corrected chi connectivity index (χ2v) is 10.3. The van der Waals surface area contributed by atoms with Crippen LogP contribution in [0, 0.1) is 6.92 Å². The second kappa shape index (κ2) is 18.0. The smallest absolute Gasteiger partial charge is 0.490 e. The van der Waals surface area contributed by atoms with Crippen molar-refractivity contribution in [3.8, 4) is 17.0 Å². The number of benzene rings is 1. The fourth-order valence-corrected chi connectivity index (χ4v) is 4.16. The first-order valence-electron chi connectivity index (χ1n) is 14.3. The van der Waals surface area contributed by atoms with E-state index in [2.05, 4.69) is 42.4 Å². The quantitative estimate of drug-likeness (QED) is 0.224. The molecule has 0 bridgehead atoms. The Morgan fingerprint density at radius 3 is 1.79 bits per heavy atom. The van der Waals surface area contributed by atoms with E-state index in [4.69, 9.17) is 39.4 Å². The molecule has 0 unspecified atom stereocenters. The van der Waals surface area contributed by atoms with Gasteiger partial charge in [-0.3, -0.25) is 14.3 Å². The highest BCUT2D eigenvalue weighted by Gasteiger charge is 2.39. The Morgan fingerprint density at radius 2 is 1.31 bits per heavy atom. The predicted octanol–water partition coefficient (Wildman–Crippen LogP) is 5.33. The summed E-state index contributed by atoms with van der Waals surface area (Å²) in [6, 6.07) is 14.3. The van der Waals surface area contributed by atoms with Crippen molar-refractivity contribution in [3.63, 3.8) is 0 Å². The Kier molecular flexibility index (Phi) is 14.7. The third-order valence-electron chi connectivity index (χ3n) is 6.51. The highest BCUT2D eigenvalue weighted by Crippen LogP contribution is 2.28. The molecule has 0 amide bonds. The molecule has 52 heavy (non-hydrogen) atoms. The van der Waals surface area contributed by atoms with Crippen molar-refractivity contribution in [1.29, 1.82) is 0 Å². The van der Waals surface area contributed by atoms with Gasteiger partial charge in [0.15, 0.2) is 11.5 Å². The molecule has 5 rings (SSSR count). The van der Waals surface area contributed by atoms with Crippen LogP contribution in [0.5, 0.6) is 5.75 Å². The molecule has 4 heterocycles. The fraction of sp³-hybridized carbons (Fsp3) is 0.333. The first-order valence-corrected chi connectivity index (χ1v) is 14.3. The standard InChI is InChI=1S/C24H26N6O.3C2HF3O2/c1-18-5-3-7-20(27-18)17-28-11-13-29(14-12-28)23-24-26-16-22(30(24)10-9-25-23)19-6-4-8-21(15-19)31-2;3*3-2(4,5)1(6)7/h3-10,15-16H,11-14,17H2,1-2H3;3*(H,6,7). The number of fused-ring (bicyclic) bond motifs is 1. The minimum atomic E-state index is -5.08. The van der Waals surface area contributed by atoms with E-state index in [1.54, 1.807) is 7.11 Å². The molecule has 22 heteroatoms. The van der Waals surface area contributed by atoms with Crippen LogP contribution in [-0.2, 0) is 20.9 Å². The lowest BCUT2D eigenvalue weighted by Gasteiger charge is -2.35. The Bertz CT molecular complexity index is 1750. The maximum absolute atomic E-state index is 10.6. The maximum atomic E-state index is 10.6. The Balaban J connectivity index is 0.000000365. The first kappa shape index (κ1) is 42.5. The summed E-state index contributed by atoms with van der Waals surface area (Å²) in [5.41, 5.74) is 5.18. The number of piperazine rings is 1. The monoisotopic (exact) mass is 756 g/mol. The van der Waals surface area contributed by atoms with Crippen molar-refractivity contribution in [2.45, 2.75) is 32.0 Å². The lowest BCUT2D eigenvalue weighted by molar-refractivity contribution is -0.193. The van der Waals surface area contributed by atoms with Crippen LogP contribution in [-0.4, -0.2) is 109 Å². The van der Waals surface area contributed by atoms with E-state index in [-0.39, 0.29) is 0 Å². The van der Waals surface area contributed by atoms with Gasteiger partial charge in [-0.25, -0.2) is 24.4 Å². The van der Waals surface area contributed by atoms with Crippen LogP contribution >= 0.6 is 0 Å². The summed E-state index contributed by atoms with van der Waals surface area (Å²) in [7, 11) is 1.68. The van der Waals surface area contributed by atoms with E-state index >= 15 is 0 Å². The molecule has 13 nitrogen and oxygen atoms in total. The third kappa shape index (κ3) is 13.2. The normalized spacial score (nSPS) is 13.4. The highest BCUT2D eigenvalue weighted by molar-refractivity contribution is 5.74. The van der Waals surface area contributed by atoms with Crippen LogP contribution in [0.4, 0.5) is 45.3 Å². The topological polar surface area (TPSA) is 171 Å². The van der Waals surface area contributed by atoms with E-state index in [1.807, 2.05) is 49.8 Å². The molecule has 284 valence electrons. The van der Waals surface area contributed by atoms with Crippen molar-refractivity contribution in [1.82, 2.24) is 24.3 Å². The molecule has 4 aromatic rings. The zero-order valence-corrected chi connectivity index (χ0v) is 26.9. The number of carbonyl (C=O) groups is 3. The van der Waals surface area contributed by atoms with E-state index in [0.29, 0.717) is 0 Å². The molecule has 1 saturated heterocycles. The number of imidazole rings is 1. The molecule has 0 saturated carbocycles. The molecule has 0 atom stereocenters. The molecule has 0 spiro atoms. The zero-order chi connectivity index (χ0) is 39.4. The molecule has 1 aromatic carbocycles. The van der Waals surface area contributed by atoms with E-state index in [9.17, 15) is 39.5 Å². The minimum Gasteiger partial charge on any atom is -0.497 e. The van der Waals surface area contributed by atoms with Gasteiger partial charge in [0.1, 0.15) is 5.75 Å². The van der Waals surface area contributed by atoms with Crippen molar-refractivity contribution < 1.29 is 74.0 Å². The van der Waals surface area contributed by atoms with E-state index in [1.165, 1.54) is 0 Å². The van der Waals surface area contributed by atoms with Crippen molar-refractivity contribution in [3.05, 3.63) is 72.4 Å². The molecule has 0 aliphatic carbocycles. The molecule has 0 radical (unpaired) electrons. The average molecular weight is 757 g/mol.